The van der Waals surface area contributed by atoms with Crippen LogP contribution in [0.2, 0.25) is 0 Å². The molecule has 1 aliphatic rings. The third-order valence-electron chi connectivity index (χ3n) is 4.69. The van der Waals surface area contributed by atoms with Crippen molar-refractivity contribution in [3.8, 4) is 11.5 Å². The summed E-state index contributed by atoms with van der Waals surface area (Å²) in [6.07, 6.45) is 2.38. The monoisotopic (exact) mass is 340 g/mol. The van der Waals surface area contributed by atoms with Gasteiger partial charge in [-0.2, -0.15) is 0 Å². The molecule has 1 amide bonds. The van der Waals surface area contributed by atoms with E-state index in [2.05, 4.69) is 22.3 Å². The molecular weight excluding hydrogens is 316 g/mol. The largest absolute Gasteiger partial charge is 0.504 e. The molecule has 1 atom stereocenters. The van der Waals surface area contributed by atoms with Crippen LogP contribution in [0.1, 0.15) is 34.8 Å². The fourth-order valence-corrected chi connectivity index (χ4v) is 3.34. The van der Waals surface area contributed by atoms with Gasteiger partial charge in [0.2, 0.25) is 0 Å². The lowest BCUT2D eigenvalue weighted by Crippen LogP contribution is -2.36. The maximum absolute atomic E-state index is 12.5. The van der Waals surface area contributed by atoms with E-state index in [1.165, 1.54) is 25.5 Å². The number of hydrogen-bond donors (Lipinski definition) is 2. The first-order chi connectivity index (χ1) is 12.2. The van der Waals surface area contributed by atoms with Crippen LogP contribution in [-0.4, -0.2) is 42.7 Å². The van der Waals surface area contributed by atoms with Gasteiger partial charge in [-0.05, 0) is 43.6 Å². The van der Waals surface area contributed by atoms with E-state index in [9.17, 15) is 9.90 Å². The van der Waals surface area contributed by atoms with Crippen LogP contribution in [0, 0.1) is 0 Å². The lowest BCUT2D eigenvalue weighted by Gasteiger charge is -2.28. The summed E-state index contributed by atoms with van der Waals surface area (Å²) in [5.41, 5.74) is 1.42. The van der Waals surface area contributed by atoms with E-state index in [0.29, 0.717) is 12.3 Å². The zero-order valence-corrected chi connectivity index (χ0v) is 14.4. The molecule has 0 saturated carbocycles. The number of phenolic OH excluding ortho intramolecular Hbond substituents is 1. The third kappa shape index (κ3) is 3.94. The van der Waals surface area contributed by atoms with E-state index in [0.717, 1.165) is 13.1 Å². The number of likely N-dealkylation sites (tertiary alicyclic amines) is 1. The van der Waals surface area contributed by atoms with Crippen molar-refractivity contribution in [1.29, 1.82) is 0 Å². The molecule has 2 N–H and O–H groups in total. The lowest BCUT2D eigenvalue weighted by atomic mass is 10.1. The molecule has 1 saturated heterocycles. The van der Waals surface area contributed by atoms with E-state index in [1.807, 2.05) is 18.2 Å². The summed E-state index contributed by atoms with van der Waals surface area (Å²) < 4.78 is 5.07. The minimum Gasteiger partial charge on any atom is -0.504 e. The van der Waals surface area contributed by atoms with Gasteiger partial charge in [-0.25, -0.2) is 0 Å². The number of phenols is 1. The molecule has 132 valence electrons. The number of amides is 1. The van der Waals surface area contributed by atoms with Crippen LogP contribution in [-0.2, 0) is 0 Å². The number of methoxy groups -OCH3 is 1. The Kier molecular flexibility index (Phi) is 5.56. The highest BCUT2D eigenvalue weighted by atomic mass is 16.5. The summed E-state index contributed by atoms with van der Waals surface area (Å²) in [6, 6.07) is 15.3. The first-order valence-electron chi connectivity index (χ1n) is 8.64. The van der Waals surface area contributed by atoms with Crippen LogP contribution >= 0.6 is 0 Å². The Hall–Kier alpha value is -2.53. The molecule has 5 heteroatoms. The molecule has 1 aliphatic heterocycles. The van der Waals surface area contributed by atoms with Gasteiger partial charge in [-0.1, -0.05) is 36.4 Å². The maximum atomic E-state index is 12.5. The average Bonchev–Trinajstić information content (AvgIpc) is 3.17. The zero-order chi connectivity index (χ0) is 17.6. The van der Waals surface area contributed by atoms with Crippen LogP contribution in [0.3, 0.4) is 0 Å². The summed E-state index contributed by atoms with van der Waals surface area (Å²) in [4.78, 5) is 14.9. The van der Waals surface area contributed by atoms with Gasteiger partial charge < -0.3 is 15.2 Å². The van der Waals surface area contributed by atoms with Crippen LogP contribution < -0.4 is 10.1 Å². The number of nitrogens with zero attached hydrogens (tertiary/aromatic N) is 1. The topological polar surface area (TPSA) is 61.8 Å². The zero-order valence-electron chi connectivity index (χ0n) is 14.4. The van der Waals surface area contributed by atoms with Crippen molar-refractivity contribution in [3.63, 3.8) is 0 Å². The molecule has 1 heterocycles. The number of rotatable bonds is 6. The van der Waals surface area contributed by atoms with E-state index in [4.69, 9.17) is 4.74 Å². The van der Waals surface area contributed by atoms with Gasteiger partial charge >= 0.3 is 0 Å². The smallest absolute Gasteiger partial charge is 0.255 e. The van der Waals surface area contributed by atoms with Crippen LogP contribution in [0.4, 0.5) is 0 Å². The lowest BCUT2D eigenvalue weighted by molar-refractivity contribution is 0.0934. The van der Waals surface area contributed by atoms with Crippen LogP contribution in [0.15, 0.2) is 48.5 Å². The second-order valence-corrected chi connectivity index (χ2v) is 6.24. The van der Waals surface area contributed by atoms with Gasteiger partial charge in [-0.15, -0.1) is 0 Å². The Balaban J connectivity index is 1.74. The van der Waals surface area contributed by atoms with Crippen molar-refractivity contribution in [2.24, 2.45) is 0 Å². The number of para-hydroxylation sites is 1. The Morgan fingerprint density at radius 1 is 1.16 bits per heavy atom. The Labute approximate surface area is 148 Å². The Morgan fingerprint density at radius 3 is 2.56 bits per heavy atom. The quantitative estimate of drug-likeness (QED) is 0.849. The molecule has 0 bridgehead atoms. The second kappa shape index (κ2) is 8.03. The summed E-state index contributed by atoms with van der Waals surface area (Å²) in [5.74, 6) is -0.122. The molecule has 2 aromatic carbocycles. The predicted molar refractivity (Wildman–Crippen MR) is 97.0 cm³/mol. The van der Waals surface area contributed by atoms with Crippen molar-refractivity contribution >= 4 is 5.91 Å². The molecular formula is C20H24N2O3. The van der Waals surface area contributed by atoms with Gasteiger partial charge in [0.25, 0.3) is 5.91 Å². The molecule has 0 radical (unpaired) electrons. The summed E-state index contributed by atoms with van der Waals surface area (Å²) in [6.45, 7) is 2.58. The molecule has 0 aliphatic carbocycles. The Bertz CT molecular complexity index is 712. The first kappa shape index (κ1) is 17.3. The number of hydrogen-bond acceptors (Lipinski definition) is 4. The number of aromatic hydroxyl groups is 1. The highest BCUT2D eigenvalue weighted by Crippen LogP contribution is 2.29. The van der Waals surface area contributed by atoms with Crippen molar-refractivity contribution in [3.05, 3.63) is 59.7 Å². The highest BCUT2D eigenvalue weighted by Gasteiger charge is 2.24. The molecule has 1 fully saturated rings. The van der Waals surface area contributed by atoms with Crippen molar-refractivity contribution in [1.82, 2.24) is 10.2 Å². The van der Waals surface area contributed by atoms with E-state index >= 15 is 0 Å². The van der Waals surface area contributed by atoms with Gasteiger partial charge in [0, 0.05) is 6.54 Å². The minimum absolute atomic E-state index is 0.125. The maximum Gasteiger partial charge on any atom is 0.255 e. The van der Waals surface area contributed by atoms with Gasteiger partial charge in [-0.3, -0.25) is 9.69 Å². The molecule has 3 rings (SSSR count). The first-order valence-corrected chi connectivity index (χ1v) is 8.64. The normalized spacial score (nSPS) is 15.7. The van der Waals surface area contributed by atoms with Gasteiger partial charge in [0.05, 0.1) is 18.7 Å². The predicted octanol–water partition coefficient (Wildman–Crippen LogP) is 2.97. The standard InChI is InChI=1S/C20H24N2O3/c1-25-18-11-7-10-16(19(18)23)20(24)21-14-17(22-12-5-6-13-22)15-8-3-2-4-9-15/h2-4,7-11,17,23H,5-6,12-14H2,1H3,(H,21,24)/t17-/m1/s1. The number of carbonyl (C=O) groups excluding carboxylic acids is 1. The van der Waals surface area contributed by atoms with Crippen molar-refractivity contribution in [2.45, 2.75) is 18.9 Å². The molecule has 0 aromatic heterocycles. The van der Waals surface area contributed by atoms with Gasteiger partial charge in [0.15, 0.2) is 11.5 Å². The summed E-state index contributed by atoms with van der Waals surface area (Å²) in [5, 5.41) is 13.1. The van der Waals surface area contributed by atoms with Gasteiger partial charge in [0.1, 0.15) is 0 Å². The molecule has 5 nitrogen and oxygen atoms in total. The second-order valence-electron chi connectivity index (χ2n) is 6.24. The molecule has 25 heavy (non-hydrogen) atoms. The number of ether oxygens (including phenoxy) is 1. The number of nitrogens with one attached hydrogen (secondary N) is 1. The van der Waals surface area contributed by atoms with Crippen molar-refractivity contribution < 1.29 is 14.6 Å². The van der Waals surface area contributed by atoms with Crippen molar-refractivity contribution in [2.75, 3.05) is 26.7 Å². The SMILES string of the molecule is COc1cccc(C(=O)NC[C@H](c2ccccc2)N2CCCC2)c1O. The minimum atomic E-state index is -0.295. The number of carbonyl (C=O) groups is 1. The Morgan fingerprint density at radius 2 is 1.88 bits per heavy atom. The summed E-state index contributed by atoms with van der Waals surface area (Å²) >= 11 is 0. The van der Waals surface area contributed by atoms with E-state index < -0.39 is 0 Å². The van der Waals surface area contributed by atoms with Crippen LogP contribution in [0.25, 0.3) is 0 Å². The highest BCUT2D eigenvalue weighted by molar-refractivity contribution is 5.97. The molecule has 0 spiro atoms. The molecule has 0 unspecified atom stereocenters. The van der Waals surface area contributed by atoms with E-state index in [1.54, 1.807) is 18.2 Å². The summed E-state index contributed by atoms with van der Waals surface area (Å²) in [7, 11) is 1.47. The molecule has 2 aromatic rings. The van der Waals surface area contributed by atoms with Crippen LogP contribution in [0.5, 0.6) is 11.5 Å². The van der Waals surface area contributed by atoms with E-state index in [-0.39, 0.29) is 23.3 Å². The fourth-order valence-electron chi connectivity index (χ4n) is 3.34. The third-order valence-corrected chi connectivity index (χ3v) is 4.69. The fraction of sp³-hybridized carbons (Fsp3) is 0.350. The average molecular weight is 340 g/mol. The number of benzene rings is 2.